The highest BCUT2D eigenvalue weighted by Gasteiger charge is 2.22. The van der Waals surface area contributed by atoms with Crippen molar-refractivity contribution in [1.29, 1.82) is 0 Å². The number of nitrogens with zero attached hydrogens (tertiary/aromatic N) is 1. The highest BCUT2D eigenvalue weighted by molar-refractivity contribution is 7.92. The Morgan fingerprint density at radius 3 is 2.03 bits per heavy atom. The lowest BCUT2D eigenvalue weighted by Crippen LogP contribution is -2.37. The molecular weight excluding hydrogens is 414 g/mol. The van der Waals surface area contributed by atoms with Crippen LogP contribution in [0.15, 0.2) is 72.8 Å². The first kappa shape index (κ1) is 21.3. The van der Waals surface area contributed by atoms with E-state index in [1.807, 2.05) is 18.2 Å². The van der Waals surface area contributed by atoms with Crippen molar-refractivity contribution in [2.75, 3.05) is 22.4 Å². The second kappa shape index (κ2) is 8.91. The molecule has 0 aliphatic carbocycles. The van der Waals surface area contributed by atoms with Gasteiger partial charge in [-0.2, -0.15) is 0 Å². The van der Waals surface area contributed by atoms with Crippen molar-refractivity contribution < 1.29 is 26.7 Å². The highest BCUT2D eigenvalue weighted by Crippen LogP contribution is 2.26. The van der Waals surface area contributed by atoms with Crippen molar-refractivity contribution in [3.8, 4) is 11.5 Å². The van der Waals surface area contributed by atoms with Crippen LogP contribution in [-0.2, 0) is 14.8 Å². The summed E-state index contributed by atoms with van der Waals surface area (Å²) in [6.07, 6.45) is 0.929. The molecule has 6 nitrogen and oxygen atoms in total. The van der Waals surface area contributed by atoms with E-state index in [4.69, 9.17) is 4.74 Å². The van der Waals surface area contributed by atoms with Crippen LogP contribution in [0.5, 0.6) is 11.5 Å². The smallest absolute Gasteiger partial charge is 0.245 e. The predicted octanol–water partition coefficient (Wildman–Crippen LogP) is 4.16. The molecular formula is C21H18F2N2O4S. The first-order chi connectivity index (χ1) is 14.2. The number of halogens is 2. The van der Waals surface area contributed by atoms with Crippen molar-refractivity contribution in [3.63, 3.8) is 0 Å². The van der Waals surface area contributed by atoms with Crippen LogP contribution in [0, 0.1) is 11.6 Å². The van der Waals surface area contributed by atoms with Crippen molar-refractivity contribution in [1.82, 2.24) is 0 Å². The number of para-hydroxylation sites is 2. The van der Waals surface area contributed by atoms with Crippen molar-refractivity contribution >= 4 is 27.3 Å². The fourth-order valence-electron chi connectivity index (χ4n) is 2.63. The maximum atomic E-state index is 13.7. The number of anilines is 2. The maximum Gasteiger partial charge on any atom is 0.245 e. The number of amides is 1. The van der Waals surface area contributed by atoms with Gasteiger partial charge < -0.3 is 10.1 Å². The first-order valence-electron chi connectivity index (χ1n) is 8.78. The lowest BCUT2D eigenvalue weighted by molar-refractivity contribution is -0.114. The molecule has 0 fully saturated rings. The molecule has 0 aliphatic rings. The molecule has 3 aromatic carbocycles. The van der Waals surface area contributed by atoms with E-state index in [2.05, 4.69) is 5.32 Å². The minimum atomic E-state index is -3.85. The van der Waals surface area contributed by atoms with Gasteiger partial charge in [-0.1, -0.05) is 24.3 Å². The monoisotopic (exact) mass is 432 g/mol. The SMILES string of the molecule is CS(=O)(=O)N(CC(=O)Nc1c(F)cccc1F)c1ccc(Oc2ccccc2)cc1. The van der Waals surface area contributed by atoms with E-state index in [1.165, 1.54) is 12.1 Å². The van der Waals surface area contributed by atoms with Gasteiger partial charge in [-0.3, -0.25) is 9.10 Å². The molecule has 9 heteroatoms. The Kier molecular flexibility index (Phi) is 6.31. The zero-order valence-electron chi connectivity index (χ0n) is 15.9. The van der Waals surface area contributed by atoms with Crippen molar-refractivity contribution in [3.05, 3.63) is 84.4 Å². The molecule has 1 N–H and O–H groups in total. The zero-order valence-corrected chi connectivity index (χ0v) is 16.7. The van der Waals surface area contributed by atoms with Crippen LogP contribution in [0.25, 0.3) is 0 Å². The number of hydrogen-bond acceptors (Lipinski definition) is 4. The zero-order chi connectivity index (χ0) is 21.7. The van der Waals surface area contributed by atoms with E-state index < -0.39 is 39.8 Å². The van der Waals surface area contributed by atoms with E-state index in [9.17, 15) is 22.0 Å². The van der Waals surface area contributed by atoms with Gasteiger partial charge in [0.1, 0.15) is 35.4 Å². The molecule has 3 rings (SSSR count). The van der Waals surface area contributed by atoms with Gasteiger partial charge in [0.2, 0.25) is 15.9 Å². The van der Waals surface area contributed by atoms with Gasteiger partial charge in [-0.05, 0) is 48.5 Å². The van der Waals surface area contributed by atoms with Crippen LogP contribution >= 0.6 is 0 Å². The minimum absolute atomic E-state index is 0.196. The average Bonchev–Trinajstić information content (AvgIpc) is 2.70. The second-order valence-electron chi connectivity index (χ2n) is 6.32. The van der Waals surface area contributed by atoms with Crippen LogP contribution in [-0.4, -0.2) is 27.1 Å². The fraction of sp³-hybridized carbons (Fsp3) is 0.0952. The molecule has 156 valence electrons. The quantitative estimate of drug-likeness (QED) is 0.608. The Hall–Kier alpha value is -3.46. The van der Waals surface area contributed by atoms with Crippen molar-refractivity contribution in [2.24, 2.45) is 0 Å². The molecule has 0 saturated carbocycles. The number of hydrogen-bond donors (Lipinski definition) is 1. The van der Waals surface area contributed by atoms with Gasteiger partial charge in [0.05, 0.1) is 11.9 Å². The number of carbonyl (C=O) groups is 1. The molecule has 0 heterocycles. The third-order valence-corrected chi connectivity index (χ3v) is 5.16. The molecule has 0 spiro atoms. The number of benzene rings is 3. The van der Waals surface area contributed by atoms with Gasteiger partial charge in [0.15, 0.2) is 0 Å². The van der Waals surface area contributed by atoms with Crippen LogP contribution in [0.1, 0.15) is 0 Å². The van der Waals surface area contributed by atoms with Crippen LogP contribution in [0.3, 0.4) is 0 Å². The van der Waals surface area contributed by atoms with Crippen LogP contribution < -0.4 is 14.4 Å². The maximum absolute atomic E-state index is 13.7. The standard InChI is InChI=1S/C21H18F2N2O4S/c1-30(27,28)25(14-20(26)24-21-18(22)8-5-9-19(21)23)15-10-12-17(13-11-15)29-16-6-3-2-4-7-16/h2-13H,14H2,1H3,(H,24,26). The molecule has 0 saturated heterocycles. The lowest BCUT2D eigenvalue weighted by atomic mass is 10.2. The Bertz CT molecular complexity index is 1120. The lowest BCUT2D eigenvalue weighted by Gasteiger charge is -2.22. The number of ether oxygens (including phenoxy) is 1. The minimum Gasteiger partial charge on any atom is -0.457 e. The van der Waals surface area contributed by atoms with Gasteiger partial charge in [-0.15, -0.1) is 0 Å². The van der Waals surface area contributed by atoms with Gasteiger partial charge in [-0.25, -0.2) is 17.2 Å². The van der Waals surface area contributed by atoms with E-state index in [1.54, 1.807) is 24.3 Å². The number of rotatable bonds is 7. The summed E-state index contributed by atoms with van der Waals surface area (Å²) in [6, 6.07) is 18.2. The topological polar surface area (TPSA) is 75.7 Å². The van der Waals surface area contributed by atoms with E-state index in [-0.39, 0.29) is 5.69 Å². The highest BCUT2D eigenvalue weighted by atomic mass is 32.2. The summed E-state index contributed by atoms with van der Waals surface area (Å²) in [5.41, 5.74) is -0.440. The van der Waals surface area contributed by atoms with Gasteiger partial charge in [0.25, 0.3) is 0 Å². The molecule has 1 amide bonds. The van der Waals surface area contributed by atoms with E-state index in [0.717, 1.165) is 28.8 Å². The molecule has 30 heavy (non-hydrogen) atoms. The Balaban J connectivity index is 1.77. The number of sulfonamides is 1. The van der Waals surface area contributed by atoms with E-state index >= 15 is 0 Å². The number of nitrogens with one attached hydrogen (secondary N) is 1. The third kappa shape index (κ3) is 5.32. The molecule has 3 aromatic rings. The Morgan fingerprint density at radius 1 is 0.900 bits per heavy atom. The summed E-state index contributed by atoms with van der Waals surface area (Å²) in [6.45, 7) is -0.661. The molecule has 0 aliphatic heterocycles. The summed E-state index contributed by atoms with van der Waals surface area (Å²) in [7, 11) is -3.85. The van der Waals surface area contributed by atoms with E-state index in [0.29, 0.717) is 11.5 Å². The first-order valence-corrected chi connectivity index (χ1v) is 10.6. The third-order valence-electron chi connectivity index (χ3n) is 4.02. The van der Waals surface area contributed by atoms with Crippen LogP contribution in [0.2, 0.25) is 0 Å². The summed E-state index contributed by atoms with van der Waals surface area (Å²) in [4.78, 5) is 12.3. The Labute approximate surface area is 172 Å². The fourth-order valence-corrected chi connectivity index (χ4v) is 3.49. The van der Waals surface area contributed by atoms with Crippen molar-refractivity contribution in [2.45, 2.75) is 0 Å². The summed E-state index contributed by atoms with van der Waals surface area (Å²) < 4.78 is 58.3. The molecule has 0 aromatic heterocycles. The van der Waals surface area contributed by atoms with Crippen LogP contribution in [0.4, 0.5) is 20.2 Å². The molecule has 0 bridgehead atoms. The second-order valence-corrected chi connectivity index (χ2v) is 8.23. The summed E-state index contributed by atoms with van der Waals surface area (Å²) >= 11 is 0. The van der Waals surface area contributed by atoms with Gasteiger partial charge in [0, 0.05) is 0 Å². The largest absolute Gasteiger partial charge is 0.457 e. The number of carbonyl (C=O) groups excluding carboxylic acids is 1. The Morgan fingerprint density at radius 2 is 1.47 bits per heavy atom. The normalized spacial score (nSPS) is 11.0. The summed E-state index contributed by atoms with van der Waals surface area (Å²) in [5.74, 6) is -1.74. The predicted molar refractivity (Wildman–Crippen MR) is 110 cm³/mol. The molecule has 0 radical (unpaired) electrons. The van der Waals surface area contributed by atoms with Gasteiger partial charge >= 0.3 is 0 Å². The average molecular weight is 432 g/mol. The molecule has 0 unspecified atom stereocenters. The molecule has 0 atom stereocenters. The summed E-state index contributed by atoms with van der Waals surface area (Å²) in [5, 5.41) is 2.08.